The summed E-state index contributed by atoms with van der Waals surface area (Å²) in [6, 6.07) is 2.51. The Kier molecular flexibility index (Phi) is 2.30. The van der Waals surface area contributed by atoms with Crippen molar-refractivity contribution in [2.45, 2.75) is 4.90 Å². The molecule has 0 aliphatic carbocycles. The monoisotopic (exact) mass is 232 g/mol. The maximum Gasteiger partial charge on any atom is 0.143 e. The lowest BCUT2D eigenvalue weighted by Crippen LogP contribution is -1.86. The van der Waals surface area contributed by atoms with Gasteiger partial charge in [0.05, 0.1) is 10.4 Å². The normalized spacial score (nSPS) is 13.4. The molecule has 2 rings (SSSR count). The molecular weight excluding hydrogens is 229 g/mol. The Morgan fingerprint density at radius 1 is 1.50 bits per heavy atom. The molecule has 1 N–H and O–H groups in total. The number of benzene rings is 1. The van der Waals surface area contributed by atoms with Crippen LogP contribution >= 0.6 is 11.6 Å². The van der Waals surface area contributed by atoms with Gasteiger partial charge in [-0.1, -0.05) is 11.6 Å². The predicted molar refractivity (Wildman–Crippen MR) is 50.5 cm³/mol. The number of hydrogen-bond donors (Lipinski definition) is 1. The van der Waals surface area contributed by atoms with E-state index in [2.05, 4.69) is 4.98 Å². The average molecular weight is 233 g/mol. The highest BCUT2D eigenvalue weighted by Gasteiger charge is 2.10. The first-order chi connectivity index (χ1) is 6.61. The van der Waals surface area contributed by atoms with Crippen LogP contribution in [0, 0.1) is 5.82 Å². The van der Waals surface area contributed by atoms with E-state index in [1.807, 2.05) is 0 Å². The molecule has 0 saturated heterocycles. The molecule has 0 saturated carbocycles. The van der Waals surface area contributed by atoms with Crippen molar-refractivity contribution in [3.8, 4) is 0 Å². The Morgan fingerprint density at radius 3 is 2.86 bits per heavy atom. The second-order valence-corrected chi connectivity index (χ2v) is 3.96. The minimum atomic E-state index is -2.35. The van der Waals surface area contributed by atoms with Crippen LogP contribution in [0.25, 0.3) is 10.9 Å². The van der Waals surface area contributed by atoms with Crippen LogP contribution in [0.4, 0.5) is 4.39 Å². The average Bonchev–Trinajstić information content (AvgIpc) is 2.55. The lowest BCUT2D eigenvalue weighted by molar-refractivity contribution is 0.538. The van der Waals surface area contributed by atoms with E-state index in [9.17, 15) is 13.2 Å². The third kappa shape index (κ3) is 1.33. The molecule has 1 unspecified atom stereocenters. The van der Waals surface area contributed by atoms with Gasteiger partial charge >= 0.3 is 0 Å². The van der Waals surface area contributed by atoms with Crippen LogP contribution in [0.1, 0.15) is 0 Å². The fraction of sp³-hybridized carbons (Fsp3) is 0. The van der Waals surface area contributed by atoms with Crippen LogP contribution in [0.3, 0.4) is 0 Å². The van der Waals surface area contributed by atoms with Gasteiger partial charge in [0.25, 0.3) is 0 Å². The Bertz CT molecular complexity index is 525. The molecule has 0 fully saturated rings. The maximum absolute atomic E-state index is 13.0. The first kappa shape index (κ1) is 9.64. The highest BCUT2D eigenvalue weighted by atomic mass is 35.5. The second-order valence-electron chi connectivity index (χ2n) is 2.67. The Balaban J connectivity index is 2.83. The summed E-state index contributed by atoms with van der Waals surface area (Å²) in [5.74, 6) is -0.579. The zero-order valence-corrected chi connectivity index (χ0v) is 8.29. The quantitative estimate of drug-likeness (QED) is 0.767. The van der Waals surface area contributed by atoms with Gasteiger partial charge in [-0.2, -0.15) is 0 Å². The summed E-state index contributed by atoms with van der Waals surface area (Å²) in [7, 11) is 0. The first-order valence-electron chi connectivity index (χ1n) is 3.65. The van der Waals surface area contributed by atoms with Crippen molar-refractivity contribution in [3.63, 3.8) is 0 Å². The number of halogens is 2. The largest absolute Gasteiger partial charge is 0.768 e. The van der Waals surface area contributed by atoms with E-state index in [-0.39, 0.29) is 9.92 Å². The minimum Gasteiger partial charge on any atom is -0.768 e. The fourth-order valence-electron chi connectivity index (χ4n) is 1.25. The second kappa shape index (κ2) is 3.34. The van der Waals surface area contributed by atoms with Crippen LogP contribution in [0.5, 0.6) is 0 Å². The van der Waals surface area contributed by atoms with E-state index in [1.165, 1.54) is 12.3 Å². The van der Waals surface area contributed by atoms with Crippen molar-refractivity contribution in [2.75, 3.05) is 0 Å². The lowest BCUT2D eigenvalue weighted by atomic mass is 10.2. The van der Waals surface area contributed by atoms with Gasteiger partial charge in [0.2, 0.25) is 0 Å². The molecule has 1 aromatic heterocycles. The Hall–Kier alpha value is -0.910. The number of rotatable bonds is 1. The van der Waals surface area contributed by atoms with Gasteiger partial charge < -0.3 is 9.54 Å². The van der Waals surface area contributed by atoms with Gasteiger partial charge in [0.1, 0.15) is 10.8 Å². The summed E-state index contributed by atoms with van der Waals surface area (Å²) < 4.78 is 34.4. The van der Waals surface area contributed by atoms with Crippen molar-refractivity contribution in [1.82, 2.24) is 4.98 Å². The first-order valence-corrected chi connectivity index (χ1v) is 5.11. The van der Waals surface area contributed by atoms with Crippen molar-refractivity contribution in [2.24, 2.45) is 0 Å². The highest BCUT2D eigenvalue weighted by Crippen LogP contribution is 2.28. The smallest absolute Gasteiger partial charge is 0.143 e. The lowest BCUT2D eigenvalue weighted by Gasteiger charge is -2.02. The summed E-state index contributed by atoms with van der Waals surface area (Å²) in [6.45, 7) is 0. The van der Waals surface area contributed by atoms with Gasteiger partial charge in [-0.15, -0.1) is 0 Å². The van der Waals surface area contributed by atoms with Gasteiger partial charge in [0.15, 0.2) is 0 Å². The Labute approximate surface area is 86.2 Å². The van der Waals surface area contributed by atoms with Crippen LogP contribution < -0.4 is 0 Å². The van der Waals surface area contributed by atoms with Gasteiger partial charge in [-0.3, -0.25) is 4.21 Å². The predicted octanol–water partition coefficient (Wildman–Crippen LogP) is 2.20. The van der Waals surface area contributed by atoms with Crippen LogP contribution in [-0.2, 0) is 11.1 Å². The minimum absolute atomic E-state index is 0.0851. The van der Waals surface area contributed by atoms with E-state index in [0.717, 1.165) is 6.07 Å². The number of aromatic amines is 1. The van der Waals surface area contributed by atoms with E-state index in [0.29, 0.717) is 10.9 Å². The standard InChI is InChI=1S/C8H5ClFNO2S/c9-7-5(10)2-1-4-6(14(12)13)3-11-8(4)7/h1-3,11H,(H,12,13)/p-1. The number of fused-ring (bicyclic) bond motifs is 1. The van der Waals surface area contributed by atoms with Crippen LogP contribution in [-0.4, -0.2) is 13.7 Å². The summed E-state index contributed by atoms with van der Waals surface area (Å²) in [5, 5.41) is 0.295. The number of aromatic nitrogens is 1. The molecule has 1 aromatic carbocycles. The van der Waals surface area contributed by atoms with E-state index < -0.39 is 16.9 Å². The van der Waals surface area contributed by atoms with Crippen LogP contribution in [0.2, 0.25) is 5.02 Å². The number of nitrogens with one attached hydrogen (secondary N) is 1. The third-order valence-electron chi connectivity index (χ3n) is 1.89. The fourth-order valence-corrected chi connectivity index (χ4v) is 1.97. The Morgan fingerprint density at radius 2 is 2.21 bits per heavy atom. The molecule has 2 aromatic rings. The van der Waals surface area contributed by atoms with Crippen molar-refractivity contribution >= 4 is 33.6 Å². The van der Waals surface area contributed by atoms with Gasteiger partial charge in [0, 0.05) is 11.6 Å². The molecule has 0 spiro atoms. The molecule has 0 aliphatic rings. The molecule has 3 nitrogen and oxygen atoms in total. The summed E-state index contributed by atoms with van der Waals surface area (Å²) >= 11 is 3.29. The molecule has 0 amide bonds. The SMILES string of the molecule is O=S([O-])c1c[nH]c2c(Cl)c(F)ccc12. The van der Waals surface area contributed by atoms with E-state index in [4.69, 9.17) is 11.6 Å². The molecule has 1 atom stereocenters. The molecule has 14 heavy (non-hydrogen) atoms. The summed E-state index contributed by atoms with van der Waals surface area (Å²) in [6.07, 6.45) is 1.28. The van der Waals surface area contributed by atoms with Crippen LogP contribution in [0.15, 0.2) is 23.2 Å². The number of hydrogen-bond acceptors (Lipinski definition) is 2. The maximum atomic E-state index is 13.0. The van der Waals surface area contributed by atoms with Gasteiger partial charge in [-0.25, -0.2) is 4.39 Å². The third-order valence-corrected chi connectivity index (χ3v) is 2.95. The molecule has 0 bridgehead atoms. The van der Waals surface area contributed by atoms with Crippen molar-refractivity contribution in [1.29, 1.82) is 0 Å². The molecule has 1 heterocycles. The van der Waals surface area contributed by atoms with Gasteiger partial charge in [-0.05, 0) is 23.2 Å². The van der Waals surface area contributed by atoms with E-state index >= 15 is 0 Å². The summed E-state index contributed by atoms with van der Waals surface area (Å²) in [4.78, 5) is 2.70. The molecule has 74 valence electrons. The highest BCUT2D eigenvalue weighted by molar-refractivity contribution is 7.79. The zero-order valence-electron chi connectivity index (χ0n) is 6.71. The topological polar surface area (TPSA) is 55.9 Å². The van der Waals surface area contributed by atoms with E-state index in [1.54, 1.807) is 0 Å². The molecular formula is C8H4ClFNO2S-. The molecule has 6 heteroatoms. The summed E-state index contributed by atoms with van der Waals surface area (Å²) in [5.41, 5.74) is 0.297. The van der Waals surface area contributed by atoms with Crippen molar-refractivity contribution < 1.29 is 13.2 Å². The van der Waals surface area contributed by atoms with Crippen molar-refractivity contribution in [3.05, 3.63) is 29.2 Å². The zero-order chi connectivity index (χ0) is 10.3. The number of H-pyrrole nitrogens is 1. The molecule has 0 radical (unpaired) electrons. The molecule has 0 aliphatic heterocycles.